The number of esters is 1. The molecule has 0 spiro atoms. The van der Waals surface area contributed by atoms with E-state index in [9.17, 15) is 4.79 Å². The highest BCUT2D eigenvalue weighted by atomic mass is 16.5. The number of carbonyl (C=O) groups excluding carboxylic acids is 1. The van der Waals surface area contributed by atoms with E-state index in [0.29, 0.717) is 6.54 Å². The van der Waals surface area contributed by atoms with Gasteiger partial charge in [0.25, 0.3) is 0 Å². The van der Waals surface area contributed by atoms with Crippen LogP contribution in [0.4, 0.5) is 5.69 Å². The number of ether oxygens (including phenoxy) is 1. The number of nitrogens with zero attached hydrogens (tertiary/aromatic N) is 1. The van der Waals surface area contributed by atoms with Crippen LogP contribution in [0.3, 0.4) is 0 Å². The maximum atomic E-state index is 11.2. The first-order chi connectivity index (χ1) is 11.2. The van der Waals surface area contributed by atoms with Crippen molar-refractivity contribution in [3.8, 4) is 0 Å². The monoisotopic (exact) mass is 308 g/mol. The smallest absolute Gasteiger partial charge is 0.303 e. The molecule has 1 aliphatic carbocycles. The molecule has 2 aromatic carbocycles. The van der Waals surface area contributed by atoms with Crippen LogP contribution in [0.2, 0.25) is 0 Å². The standard InChI is InChI=1S/C19H20N2O2/c1-14(22)23-19-10-8-16-7-9-17(11-18(16)19)21-13-20-12-15-5-3-2-4-6-15/h2-7,9,11,13,19H,8,10,12H2,1H3,(H,20,21). The van der Waals surface area contributed by atoms with Crippen LogP contribution >= 0.6 is 0 Å². The van der Waals surface area contributed by atoms with E-state index in [-0.39, 0.29) is 12.1 Å². The van der Waals surface area contributed by atoms with Crippen LogP contribution in [0.15, 0.2) is 53.5 Å². The molecule has 2 aromatic rings. The van der Waals surface area contributed by atoms with Crippen molar-refractivity contribution in [1.29, 1.82) is 0 Å². The quantitative estimate of drug-likeness (QED) is 0.518. The zero-order valence-electron chi connectivity index (χ0n) is 13.2. The van der Waals surface area contributed by atoms with Crippen molar-refractivity contribution in [1.82, 2.24) is 0 Å². The van der Waals surface area contributed by atoms with Crippen molar-refractivity contribution in [2.24, 2.45) is 4.99 Å². The highest BCUT2D eigenvalue weighted by molar-refractivity contribution is 5.76. The molecule has 0 heterocycles. The van der Waals surface area contributed by atoms with Crippen LogP contribution in [-0.4, -0.2) is 12.3 Å². The molecule has 0 aromatic heterocycles. The Morgan fingerprint density at radius 3 is 2.91 bits per heavy atom. The molecule has 23 heavy (non-hydrogen) atoms. The van der Waals surface area contributed by atoms with E-state index in [1.807, 2.05) is 30.3 Å². The normalized spacial score (nSPS) is 16.3. The fourth-order valence-electron chi connectivity index (χ4n) is 2.83. The Labute approximate surface area is 136 Å². The van der Waals surface area contributed by atoms with Crippen LogP contribution in [-0.2, 0) is 22.5 Å². The summed E-state index contributed by atoms with van der Waals surface area (Å²) >= 11 is 0. The van der Waals surface area contributed by atoms with E-state index in [0.717, 1.165) is 24.1 Å². The van der Waals surface area contributed by atoms with Crippen molar-refractivity contribution in [3.63, 3.8) is 0 Å². The van der Waals surface area contributed by atoms with Gasteiger partial charge in [-0.3, -0.25) is 9.79 Å². The number of hydrogen-bond donors (Lipinski definition) is 1. The second kappa shape index (κ2) is 7.09. The molecule has 3 rings (SSSR count). The van der Waals surface area contributed by atoms with Gasteiger partial charge in [0, 0.05) is 12.6 Å². The second-order valence-corrected chi connectivity index (χ2v) is 5.65. The second-order valence-electron chi connectivity index (χ2n) is 5.65. The maximum absolute atomic E-state index is 11.2. The summed E-state index contributed by atoms with van der Waals surface area (Å²) in [6.45, 7) is 2.10. The summed E-state index contributed by atoms with van der Waals surface area (Å²) in [7, 11) is 0. The van der Waals surface area contributed by atoms with Gasteiger partial charge in [0.1, 0.15) is 6.10 Å². The third-order valence-corrected chi connectivity index (χ3v) is 3.92. The molecule has 4 nitrogen and oxygen atoms in total. The fourth-order valence-corrected chi connectivity index (χ4v) is 2.83. The van der Waals surface area contributed by atoms with E-state index in [2.05, 4.69) is 28.5 Å². The van der Waals surface area contributed by atoms with Gasteiger partial charge in [-0.05, 0) is 41.7 Å². The van der Waals surface area contributed by atoms with Crippen molar-refractivity contribution in [3.05, 3.63) is 65.2 Å². The molecule has 1 atom stereocenters. The zero-order valence-corrected chi connectivity index (χ0v) is 13.2. The molecular formula is C19H20N2O2. The van der Waals surface area contributed by atoms with Gasteiger partial charge in [-0.25, -0.2) is 0 Å². The third-order valence-electron chi connectivity index (χ3n) is 3.92. The number of nitrogens with one attached hydrogen (secondary N) is 1. The summed E-state index contributed by atoms with van der Waals surface area (Å²) < 4.78 is 5.38. The van der Waals surface area contributed by atoms with E-state index in [1.165, 1.54) is 18.1 Å². The number of hydrogen-bond acceptors (Lipinski definition) is 3. The van der Waals surface area contributed by atoms with Crippen LogP contribution < -0.4 is 5.32 Å². The summed E-state index contributed by atoms with van der Waals surface area (Å²) in [5.74, 6) is -0.231. The number of aliphatic imine (C=N–C) groups is 1. The highest BCUT2D eigenvalue weighted by Crippen LogP contribution is 2.35. The molecule has 0 radical (unpaired) electrons. The third kappa shape index (κ3) is 3.97. The first-order valence-corrected chi connectivity index (χ1v) is 7.81. The average molecular weight is 308 g/mol. The molecule has 0 amide bonds. The molecule has 0 fully saturated rings. The Kier molecular flexibility index (Phi) is 4.71. The van der Waals surface area contributed by atoms with Crippen LogP contribution in [0, 0.1) is 0 Å². The predicted octanol–water partition coefficient (Wildman–Crippen LogP) is 3.88. The van der Waals surface area contributed by atoms with Gasteiger partial charge in [0.05, 0.1) is 12.9 Å². The van der Waals surface area contributed by atoms with E-state index < -0.39 is 0 Å². The molecule has 0 saturated carbocycles. The minimum absolute atomic E-state index is 0.120. The molecule has 0 saturated heterocycles. The Morgan fingerprint density at radius 1 is 1.30 bits per heavy atom. The SMILES string of the molecule is CC(=O)OC1CCc2ccc(NC=NCc3ccccc3)cc21. The van der Waals surface area contributed by atoms with Crippen LogP contribution in [0.1, 0.15) is 36.1 Å². The summed E-state index contributed by atoms with van der Waals surface area (Å²) in [6.07, 6.45) is 3.41. The number of fused-ring (bicyclic) bond motifs is 1. The molecule has 0 aliphatic heterocycles. The highest BCUT2D eigenvalue weighted by Gasteiger charge is 2.24. The first kappa shape index (κ1) is 15.3. The predicted molar refractivity (Wildman–Crippen MR) is 91.5 cm³/mol. The largest absolute Gasteiger partial charge is 0.458 e. The van der Waals surface area contributed by atoms with E-state index in [1.54, 1.807) is 6.34 Å². The molecule has 4 heteroatoms. The van der Waals surface area contributed by atoms with Gasteiger partial charge in [-0.15, -0.1) is 0 Å². The molecular weight excluding hydrogens is 288 g/mol. The average Bonchev–Trinajstić information content (AvgIpc) is 2.94. The number of benzene rings is 2. The molecule has 1 N–H and O–H groups in total. The summed E-state index contributed by atoms with van der Waals surface area (Å²) in [5, 5.41) is 3.19. The summed E-state index contributed by atoms with van der Waals surface area (Å²) in [5.41, 5.74) is 4.48. The van der Waals surface area contributed by atoms with Gasteiger partial charge in [0.2, 0.25) is 0 Å². The molecule has 118 valence electrons. The number of anilines is 1. The van der Waals surface area contributed by atoms with Gasteiger partial charge in [-0.1, -0.05) is 36.4 Å². The molecule has 0 bridgehead atoms. The lowest BCUT2D eigenvalue weighted by Crippen LogP contribution is -2.05. The maximum Gasteiger partial charge on any atom is 0.303 e. The Hall–Kier alpha value is -2.62. The summed E-state index contributed by atoms with van der Waals surface area (Å²) in [4.78, 5) is 15.6. The van der Waals surface area contributed by atoms with Crippen LogP contribution in [0.5, 0.6) is 0 Å². The Balaban J connectivity index is 1.62. The fraction of sp³-hybridized carbons (Fsp3) is 0.263. The minimum atomic E-state index is -0.231. The van der Waals surface area contributed by atoms with Crippen LogP contribution in [0.25, 0.3) is 0 Å². The van der Waals surface area contributed by atoms with Gasteiger partial charge in [0.15, 0.2) is 0 Å². The summed E-state index contributed by atoms with van der Waals surface area (Å²) in [6, 6.07) is 16.3. The number of carbonyl (C=O) groups is 1. The van der Waals surface area contributed by atoms with Crippen molar-refractivity contribution < 1.29 is 9.53 Å². The lowest BCUT2D eigenvalue weighted by molar-refractivity contribution is -0.146. The minimum Gasteiger partial charge on any atom is -0.458 e. The van der Waals surface area contributed by atoms with E-state index >= 15 is 0 Å². The van der Waals surface area contributed by atoms with Crippen molar-refractivity contribution in [2.75, 3.05) is 5.32 Å². The van der Waals surface area contributed by atoms with E-state index in [4.69, 9.17) is 4.74 Å². The lowest BCUT2D eigenvalue weighted by atomic mass is 10.1. The topological polar surface area (TPSA) is 50.7 Å². The number of rotatable bonds is 5. The van der Waals surface area contributed by atoms with Crippen molar-refractivity contribution in [2.45, 2.75) is 32.4 Å². The molecule has 1 unspecified atom stereocenters. The number of aryl methyl sites for hydroxylation is 1. The van der Waals surface area contributed by atoms with Gasteiger partial charge < -0.3 is 10.1 Å². The lowest BCUT2D eigenvalue weighted by Gasteiger charge is -2.12. The zero-order chi connectivity index (χ0) is 16.1. The first-order valence-electron chi connectivity index (χ1n) is 7.81. The van der Waals surface area contributed by atoms with Crippen molar-refractivity contribution >= 4 is 18.0 Å². The Bertz CT molecular complexity index is 711. The van der Waals surface area contributed by atoms with Gasteiger partial charge >= 0.3 is 5.97 Å². The molecule has 1 aliphatic rings. The Morgan fingerprint density at radius 2 is 2.13 bits per heavy atom. The van der Waals surface area contributed by atoms with Gasteiger partial charge in [-0.2, -0.15) is 0 Å².